The summed E-state index contributed by atoms with van der Waals surface area (Å²) < 4.78 is 1.95. The molecule has 0 saturated heterocycles. The monoisotopic (exact) mass is 344 g/mol. The van der Waals surface area contributed by atoms with E-state index in [9.17, 15) is 9.90 Å². The van der Waals surface area contributed by atoms with Crippen LogP contribution in [-0.2, 0) is 6.54 Å². The number of urea groups is 1. The van der Waals surface area contributed by atoms with Crippen molar-refractivity contribution >= 4 is 11.7 Å². The highest BCUT2D eigenvalue weighted by Crippen LogP contribution is 2.13. The van der Waals surface area contributed by atoms with E-state index >= 15 is 0 Å². The molecule has 2 amide bonds. The number of benzene rings is 1. The molecule has 1 aromatic heterocycles. The Labute approximate surface area is 149 Å². The Balaban J connectivity index is 1.88. The van der Waals surface area contributed by atoms with Gasteiger partial charge in [-0.25, -0.2) is 4.79 Å². The van der Waals surface area contributed by atoms with Gasteiger partial charge in [-0.15, -0.1) is 0 Å². The number of amides is 2. The Morgan fingerprint density at radius 2 is 2.04 bits per heavy atom. The maximum Gasteiger partial charge on any atom is 0.319 e. The van der Waals surface area contributed by atoms with E-state index in [1.165, 1.54) is 0 Å². The molecule has 136 valence electrons. The van der Waals surface area contributed by atoms with Gasteiger partial charge >= 0.3 is 6.03 Å². The second kappa shape index (κ2) is 8.67. The lowest BCUT2D eigenvalue weighted by Crippen LogP contribution is -2.32. The number of aliphatic hydroxyl groups is 1. The first-order valence-corrected chi connectivity index (χ1v) is 8.68. The van der Waals surface area contributed by atoms with Crippen LogP contribution in [0.2, 0.25) is 0 Å². The van der Waals surface area contributed by atoms with E-state index in [2.05, 4.69) is 15.7 Å². The molecule has 25 heavy (non-hydrogen) atoms. The second-order valence-electron chi connectivity index (χ2n) is 6.77. The summed E-state index contributed by atoms with van der Waals surface area (Å²) in [6.45, 7) is 9.02. The third kappa shape index (κ3) is 5.90. The summed E-state index contributed by atoms with van der Waals surface area (Å²) in [6.07, 6.45) is 0.146. The Hall–Kier alpha value is -2.34. The van der Waals surface area contributed by atoms with Crippen LogP contribution in [0.5, 0.6) is 0 Å². The quantitative estimate of drug-likeness (QED) is 0.722. The molecule has 0 aliphatic rings. The van der Waals surface area contributed by atoms with Crippen molar-refractivity contribution in [3.05, 3.63) is 47.3 Å². The van der Waals surface area contributed by atoms with Crippen LogP contribution in [0, 0.1) is 19.8 Å². The number of aryl methyl sites for hydroxylation is 2. The fourth-order valence-corrected chi connectivity index (χ4v) is 2.60. The summed E-state index contributed by atoms with van der Waals surface area (Å²) in [5.41, 5.74) is 3.91. The molecule has 0 fully saturated rings. The number of nitrogens with one attached hydrogen (secondary N) is 2. The number of nitrogens with zero attached hydrogens (tertiary/aromatic N) is 2. The fourth-order valence-electron chi connectivity index (χ4n) is 2.60. The van der Waals surface area contributed by atoms with Gasteiger partial charge in [0.05, 0.1) is 18.3 Å². The molecule has 1 unspecified atom stereocenters. The zero-order valence-corrected chi connectivity index (χ0v) is 15.4. The molecular formula is C19H28N4O2. The van der Waals surface area contributed by atoms with Gasteiger partial charge in [-0.3, -0.25) is 4.68 Å². The molecule has 6 heteroatoms. The van der Waals surface area contributed by atoms with Gasteiger partial charge in [0.25, 0.3) is 0 Å². The van der Waals surface area contributed by atoms with E-state index in [4.69, 9.17) is 0 Å². The van der Waals surface area contributed by atoms with Crippen molar-refractivity contribution < 1.29 is 9.90 Å². The van der Waals surface area contributed by atoms with Crippen LogP contribution < -0.4 is 10.6 Å². The van der Waals surface area contributed by atoms with Gasteiger partial charge in [0.2, 0.25) is 0 Å². The van der Waals surface area contributed by atoms with Gasteiger partial charge in [0.15, 0.2) is 0 Å². The number of anilines is 1. The molecule has 6 nitrogen and oxygen atoms in total. The molecule has 0 radical (unpaired) electrons. The average molecular weight is 344 g/mol. The number of aromatic nitrogens is 2. The standard InChI is InChI=1S/C19H28N4O2/c1-13(2)18(24)8-9-20-19(25)21-17-7-5-6-16(11-17)12-23-15(4)10-14(3)22-23/h5-7,10-11,13,18,24H,8-9,12H2,1-4H3,(H2,20,21,25). The molecule has 2 aromatic rings. The van der Waals surface area contributed by atoms with Gasteiger partial charge in [0, 0.05) is 17.9 Å². The highest BCUT2D eigenvalue weighted by atomic mass is 16.3. The van der Waals surface area contributed by atoms with Gasteiger partial charge in [-0.1, -0.05) is 26.0 Å². The molecule has 0 spiro atoms. The van der Waals surface area contributed by atoms with E-state index in [0.717, 1.165) is 22.6 Å². The predicted octanol–water partition coefficient (Wildman–Crippen LogP) is 3.08. The Kier molecular flexibility index (Phi) is 6.58. The number of hydrogen-bond acceptors (Lipinski definition) is 3. The van der Waals surface area contributed by atoms with Gasteiger partial charge in [-0.05, 0) is 49.9 Å². The summed E-state index contributed by atoms with van der Waals surface area (Å²) >= 11 is 0. The maximum atomic E-state index is 12.0. The molecule has 1 atom stereocenters. The minimum absolute atomic E-state index is 0.191. The number of carbonyl (C=O) groups excluding carboxylic acids is 1. The Morgan fingerprint density at radius 1 is 1.28 bits per heavy atom. The third-order valence-electron chi connectivity index (χ3n) is 4.12. The van der Waals surface area contributed by atoms with E-state index in [0.29, 0.717) is 19.5 Å². The largest absolute Gasteiger partial charge is 0.393 e. The summed E-state index contributed by atoms with van der Waals surface area (Å²) in [4.78, 5) is 12.0. The van der Waals surface area contributed by atoms with Crippen LogP contribution >= 0.6 is 0 Å². The number of carbonyl (C=O) groups is 1. The number of hydrogen-bond donors (Lipinski definition) is 3. The lowest BCUT2D eigenvalue weighted by atomic mass is 10.0. The average Bonchev–Trinajstić information content (AvgIpc) is 2.85. The van der Waals surface area contributed by atoms with Crippen molar-refractivity contribution in [2.24, 2.45) is 5.92 Å². The summed E-state index contributed by atoms with van der Waals surface area (Å²) in [5, 5.41) is 19.8. The number of rotatable bonds is 7. The zero-order valence-electron chi connectivity index (χ0n) is 15.4. The Bertz CT molecular complexity index is 709. The lowest BCUT2D eigenvalue weighted by molar-refractivity contribution is 0.117. The van der Waals surface area contributed by atoms with Crippen molar-refractivity contribution in [2.75, 3.05) is 11.9 Å². The lowest BCUT2D eigenvalue weighted by Gasteiger charge is -2.15. The van der Waals surface area contributed by atoms with Crippen molar-refractivity contribution in [2.45, 2.75) is 46.8 Å². The van der Waals surface area contributed by atoms with E-state index in [-0.39, 0.29) is 11.9 Å². The minimum Gasteiger partial charge on any atom is -0.393 e. The molecule has 0 saturated carbocycles. The third-order valence-corrected chi connectivity index (χ3v) is 4.12. The predicted molar refractivity (Wildman–Crippen MR) is 99.7 cm³/mol. The smallest absolute Gasteiger partial charge is 0.319 e. The summed E-state index contributed by atoms with van der Waals surface area (Å²) in [6, 6.07) is 9.50. The van der Waals surface area contributed by atoms with Gasteiger partial charge < -0.3 is 15.7 Å². The molecule has 1 heterocycles. The first kappa shape index (κ1) is 19.0. The summed E-state index contributed by atoms with van der Waals surface area (Å²) in [5.74, 6) is 0.191. The molecule has 1 aromatic carbocycles. The van der Waals surface area contributed by atoms with Crippen LogP contribution in [0.1, 0.15) is 37.2 Å². The maximum absolute atomic E-state index is 12.0. The van der Waals surface area contributed by atoms with Crippen LogP contribution in [0.4, 0.5) is 10.5 Å². The second-order valence-corrected chi connectivity index (χ2v) is 6.77. The molecular weight excluding hydrogens is 316 g/mol. The van der Waals surface area contributed by atoms with Crippen LogP contribution in [0.15, 0.2) is 30.3 Å². The van der Waals surface area contributed by atoms with E-state index < -0.39 is 6.10 Å². The van der Waals surface area contributed by atoms with Crippen molar-refractivity contribution in [3.63, 3.8) is 0 Å². The van der Waals surface area contributed by atoms with E-state index in [1.807, 2.05) is 62.7 Å². The molecule has 0 aliphatic carbocycles. The minimum atomic E-state index is -0.399. The fraction of sp³-hybridized carbons (Fsp3) is 0.474. The molecule has 3 N–H and O–H groups in total. The highest BCUT2D eigenvalue weighted by Gasteiger charge is 2.10. The normalized spacial score (nSPS) is 12.2. The summed E-state index contributed by atoms with van der Waals surface area (Å²) in [7, 11) is 0. The first-order chi connectivity index (χ1) is 11.8. The van der Waals surface area contributed by atoms with Crippen LogP contribution in [0.25, 0.3) is 0 Å². The molecule has 2 rings (SSSR count). The first-order valence-electron chi connectivity index (χ1n) is 8.68. The molecule has 0 aliphatic heterocycles. The van der Waals surface area contributed by atoms with Crippen molar-refractivity contribution in [3.8, 4) is 0 Å². The zero-order chi connectivity index (χ0) is 18.4. The number of aliphatic hydroxyl groups excluding tert-OH is 1. The van der Waals surface area contributed by atoms with Gasteiger partial charge in [-0.2, -0.15) is 5.10 Å². The van der Waals surface area contributed by atoms with Crippen molar-refractivity contribution in [1.29, 1.82) is 0 Å². The topological polar surface area (TPSA) is 79.2 Å². The SMILES string of the molecule is Cc1cc(C)n(Cc2cccc(NC(=O)NCCC(O)C(C)C)c2)n1. The van der Waals surface area contributed by atoms with Gasteiger partial charge in [0.1, 0.15) is 0 Å². The van der Waals surface area contributed by atoms with E-state index in [1.54, 1.807) is 0 Å². The Morgan fingerprint density at radius 3 is 2.68 bits per heavy atom. The highest BCUT2D eigenvalue weighted by molar-refractivity contribution is 5.89. The van der Waals surface area contributed by atoms with Crippen molar-refractivity contribution in [1.82, 2.24) is 15.1 Å². The van der Waals surface area contributed by atoms with Crippen LogP contribution in [0.3, 0.4) is 0 Å². The van der Waals surface area contributed by atoms with Crippen LogP contribution in [-0.4, -0.2) is 33.6 Å². The molecule has 0 bridgehead atoms.